The summed E-state index contributed by atoms with van der Waals surface area (Å²) in [6.45, 7) is 20.6. The number of carbonyl (C=O) groups excluding carboxylic acids is 2. The van der Waals surface area contributed by atoms with Gasteiger partial charge in [0, 0.05) is 38.8 Å². The second-order valence-electron chi connectivity index (χ2n) is 14.5. The number of hydrogen-bond donors (Lipinski definition) is 4. The quantitative estimate of drug-likeness (QED) is 0.282. The lowest BCUT2D eigenvalue weighted by Gasteiger charge is -2.46. The van der Waals surface area contributed by atoms with E-state index in [0.717, 1.165) is 12.8 Å². The van der Waals surface area contributed by atoms with E-state index >= 15 is 0 Å². The summed E-state index contributed by atoms with van der Waals surface area (Å²) in [4.78, 5) is 27.7. The van der Waals surface area contributed by atoms with Crippen LogP contribution in [0, 0.1) is 11.8 Å². The predicted molar refractivity (Wildman–Crippen MR) is 194 cm³/mol. The average molecular weight is 722 g/mol. The largest absolute Gasteiger partial charge is 0.459 e. The van der Waals surface area contributed by atoms with Crippen molar-refractivity contribution in [3.05, 3.63) is 0 Å². The molecular formula is C38H75NO11. The Kier molecular flexibility index (Phi) is 22.9. The van der Waals surface area contributed by atoms with Gasteiger partial charge in [-0.2, -0.15) is 0 Å². The molecule has 0 aromatic carbocycles. The van der Waals surface area contributed by atoms with Gasteiger partial charge in [-0.1, -0.05) is 41.5 Å². The van der Waals surface area contributed by atoms with Crippen molar-refractivity contribution in [2.24, 2.45) is 11.8 Å². The van der Waals surface area contributed by atoms with Gasteiger partial charge < -0.3 is 49.0 Å². The van der Waals surface area contributed by atoms with Crippen LogP contribution in [-0.2, 0) is 33.3 Å². The van der Waals surface area contributed by atoms with Crippen molar-refractivity contribution in [2.75, 3.05) is 21.2 Å². The first-order chi connectivity index (χ1) is 23.3. The van der Waals surface area contributed by atoms with E-state index in [-0.39, 0.29) is 49.9 Å². The zero-order valence-corrected chi connectivity index (χ0v) is 33.8. The number of carbonyl (C=O) groups is 2. The summed E-state index contributed by atoms with van der Waals surface area (Å²) in [6, 6.07) is 0.466. The molecule has 3 aliphatic rings. The standard InChI is InChI=1S/C26H46O9.C8H17NO2.2C2H6/c1-8-20-19(28)10-9-18(27)11-12-25(5,31)13-15(2)22(16(3)24(30)34-20)35-21-14-26(6,32-7)23(29)17(4)33-21;1-6-4-7(9(2)3)5-8(10)11-6;2*1-2/h15-17,19-23,28-29,31H,8-14H2,1-7H3;6-8,10H,4-5H2,1-3H3;2*1-2H3/t15?,16?,17?,19?,20?,21?,22?,23?,25-,26?;;;/m0.../s1. The minimum atomic E-state index is -1.15. The molecule has 12 heteroatoms. The predicted octanol–water partition coefficient (Wildman–Crippen LogP) is 5.00. The van der Waals surface area contributed by atoms with Crippen molar-refractivity contribution in [2.45, 2.75) is 200 Å². The molecule has 12 unspecified atom stereocenters. The first kappa shape index (κ1) is 48.8. The number of aliphatic hydroxyl groups excluding tert-OH is 3. The van der Waals surface area contributed by atoms with Gasteiger partial charge in [-0.05, 0) is 86.7 Å². The van der Waals surface area contributed by atoms with Crippen molar-refractivity contribution in [3.8, 4) is 0 Å². The molecular weight excluding hydrogens is 646 g/mol. The fourth-order valence-electron chi connectivity index (χ4n) is 6.79. The number of aliphatic hydroxyl groups is 4. The molecule has 0 aromatic heterocycles. The topological polar surface area (TPSA) is 164 Å². The summed E-state index contributed by atoms with van der Waals surface area (Å²) in [7, 11) is 5.60. The summed E-state index contributed by atoms with van der Waals surface area (Å²) >= 11 is 0. The monoisotopic (exact) mass is 722 g/mol. The molecule has 3 saturated heterocycles. The van der Waals surface area contributed by atoms with Crippen LogP contribution < -0.4 is 0 Å². The smallest absolute Gasteiger partial charge is 0.311 e. The van der Waals surface area contributed by atoms with Gasteiger partial charge in [0.15, 0.2) is 12.6 Å². The summed E-state index contributed by atoms with van der Waals surface area (Å²) in [6.07, 6.45) is -1.32. The Labute approximate surface area is 303 Å². The van der Waals surface area contributed by atoms with Gasteiger partial charge in [0.05, 0.1) is 41.5 Å². The van der Waals surface area contributed by atoms with Crippen molar-refractivity contribution < 1.29 is 53.7 Å². The molecule has 4 N–H and O–H groups in total. The Hall–Kier alpha value is -1.22. The molecule has 3 heterocycles. The van der Waals surface area contributed by atoms with Gasteiger partial charge in [0.25, 0.3) is 0 Å². The highest BCUT2D eigenvalue weighted by molar-refractivity contribution is 5.78. The van der Waals surface area contributed by atoms with Crippen LogP contribution in [0.25, 0.3) is 0 Å². The molecule has 0 bridgehead atoms. The van der Waals surface area contributed by atoms with Crippen LogP contribution in [0.2, 0.25) is 0 Å². The molecule has 12 nitrogen and oxygen atoms in total. The molecule has 0 saturated carbocycles. The van der Waals surface area contributed by atoms with Gasteiger partial charge in [-0.25, -0.2) is 0 Å². The summed E-state index contributed by atoms with van der Waals surface area (Å²) in [5.74, 6) is -1.58. The van der Waals surface area contributed by atoms with Crippen LogP contribution in [0.3, 0.4) is 0 Å². The first-order valence-corrected chi connectivity index (χ1v) is 19.0. The third kappa shape index (κ3) is 15.8. The number of esters is 1. The van der Waals surface area contributed by atoms with Crippen molar-refractivity contribution in [1.29, 1.82) is 0 Å². The lowest BCUT2D eigenvalue weighted by molar-refractivity contribution is -0.296. The second-order valence-corrected chi connectivity index (χ2v) is 14.5. The molecule has 3 fully saturated rings. The van der Waals surface area contributed by atoms with Crippen molar-refractivity contribution in [3.63, 3.8) is 0 Å². The lowest BCUT2D eigenvalue weighted by atomic mass is 9.81. The van der Waals surface area contributed by atoms with Crippen LogP contribution in [0.4, 0.5) is 0 Å². The molecule has 13 atom stereocenters. The van der Waals surface area contributed by atoms with E-state index < -0.39 is 66.2 Å². The highest BCUT2D eigenvalue weighted by Gasteiger charge is 2.47. The van der Waals surface area contributed by atoms with Gasteiger partial charge in [-0.3, -0.25) is 9.59 Å². The number of hydrogen-bond acceptors (Lipinski definition) is 12. The Morgan fingerprint density at radius 3 is 2.04 bits per heavy atom. The number of cyclic esters (lactones) is 1. The van der Waals surface area contributed by atoms with Crippen molar-refractivity contribution in [1.82, 2.24) is 4.90 Å². The molecule has 50 heavy (non-hydrogen) atoms. The van der Waals surface area contributed by atoms with Crippen LogP contribution in [0.5, 0.6) is 0 Å². The molecule has 0 aromatic rings. The van der Waals surface area contributed by atoms with Crippen LogP contribution >= 0.6 is 0 Å². The Balaban J connectivity index is 0.00000133. The van der Waals surface area contributed by atoms with Gasteiger partial charge >= 0.3 is 5.97 Å². The van der Waals surface area contributed by atoms with Gasteiger partial charge in [0.2, 0.25) is 0 Å². The minimum Gasteiger partial charge on any atom is -0.459 e. The van der Waals surface area contributed by atoms with E-state index in [1.165, 1.54) is 7.11 Å². The highest BCUT2D eigenvalue weighted by Crippen LogP contribution is 2.36. The first-order valence-electron chi connectivity index (χ1n) is 19.0. The van der Waals surface area contributed by atoms with Gasteiger partial charge in [0.1, 0.15) is 18.0 Å². The van der Waals surface area contributed by atoms with E-state index in [9.17, 15) is 30.0 Å². The fraction of sp³-hybridized carbons (Fsp3) is 0.947. The molecule has 0 aliphatic carbocycles. The number of Topliss-reactive ketones (excluding diaryl/α,β-unsaturated/α-hetero) is 1. The van der Waals surface area contributed by atoms with Crippen molar-refractivity contribution >= 4 is 11.8 Å². The molecule has 0 amide bonds. The van der Waals surface area contributed by atoms with Crippen LogP contribution in [0.15, 0.2) is 0 Å². The van der Waals surface area contributed by atoms with Crippen LogP contribution in [0.1, 0.15) is 134 Å². The number of nitrogens with zero attached hydrogens (tertiary/aromatic N) is 1. The van der Waals surface area contributed by atoms with E-state index in [0.29, 0.717) is 18.9 Å². The number of rotatable bonds is 5. The maximum atomic E-state index is 13.2. The maximum absolute atomic E-state index is 13.2. The molecule has 0 radical (unpaired) electrons. The molecule has 298 valence electrons. The Morgan fingerprint density at radius 2 is 1.52 bits per heavy atom. The van der Waals surface area contributed by atoms with Gasteiger partial charge in [-0.15, -0.1) is 0 Å². The number of ketones is 1. The third-order valence-corrected chi connectivity index (χ3v) is 9.93. The summed E-state index contributed by atoms with van der Waals surface area (Å²) < 4.78 is 28.7. The number of ether oxygens (including phenoxy) is 5. The SMILES string of the molecule is CC.CC.CC1CC(N(C)C)CC(O)O1.CCC1OC(=O)C(C)C(OC2CC(C)(OC)C(O)C(C)O2)C(C)C[C@@](C)(O)CCC(=O)CCC1O. The summed E-state index contributed by atoms with van der Waals surface area (Å²) in [5.41, 5.74) is -2.03. The fourth-order valence-corrected chi connectivity index (χ4v) is 6.79. The second kappa shape index (κ2) is 23.4. The number of methoxy groups -OCH3 is 1. The zero-order chi connectivity index (χ0) is 39.0. The Morgan fingerprint density at radius 1 is 0.920 bits per heavy atom. The molecule has 0 spiro atoms. The minimum absolute atomic E-state index is 0.0432. The zero-order valence-electron chi connectivity index (χ0n) is 33.8. The summed E-state index contributed by atoms with van der Waals surface area (Å²) in [5, 5.41) is 41.4. The van der Waals surface area contributed by atoms with E-state index in [4.69, 9.17) is 23.7 Å². The molecule has 3 rings (SSSR count). The lowest BCUT2D eigenvalue weighted by Crippen LogP contribution is -2.57. The Bertz CT molecular complexity index is 940. The van der Waals surface area contributed by atoms with Crippen LogP contribution in [-0.4, -0.2) is 125 Å². The molecule has 3 aliphatic heterocycles. The average Bonchev–Trinajstić information content (AvgIpc) is 3.07. The highest BCUT2D eigenvalue weighted by atomic mass is 16.7. The van der Waals surface area contributed by atoms with E-state index in [1.54, 1.807) is 27.7 Å². The van der Waals surface area contributed by atoms with E-state index in [2.05, 4.69) is 4.90 Å². The normalized spacial score (nSPS) is 40.4. The maximum Gasteiger partial charge on any atom is 0.311 e. The third-order valence-electron chi connectivity index (χ3n) is 9.93. The van der Waals surface area contributed by atoms with E-state index in [1.807, 2.05) is 62.6 Å².